The summed E-state index contributed by atoms with van der Waals surface area (Å²) >= 11 is 3.54. The molecule has 0 saturated carbocycles. The number of rotatable bonds is 3. The van der Waals surface area contributed by atoms with Gasteiger partial charge in [0.1, 0.15) is 5.75 Å². The van der Waals surface area contributed by atoms with Gasteiger partial charge in [-0.15, -0.1) is 0 Å². The molecular weight excluding hydrogens is 290 g/mol. The predicted molar refractivity (Wildman–Crippen MR) is 77.9 cm³/mol. The van der Waals surface area contributed by atoms with Gasteiger partial charge in [0, 0.05) is 10.0 Å². The number of hydrogen-bond acceptors (Lipinski definition) is 2. The molecule has 0 bridgehead atoms. The second kappa shape index (κ2) is 5.55. The summed E-state index contributed by atoms with van der Waals surface area (Å²) in [6.07, 6.45) is 0. The maximum atomic E-state index is 6.35. The average Bonchev–Trinajstić information content (AvgIpc) is 2.38. The van der Waals surface area contributed by atoms with Gasteiger partial charge in [0.2, 0.25) is 0 Å². The van der Waals surface area contributed by atoms with E-state index in [9.17, 15) is 0 Å². The number of ether oxygens (including phenoxy) is 1. The average molecular weight is 306 g/mol. The van der Waals surface area contributed by atoms with Crippen molar-refractivity contribution in [1.82, 2.24) is 0 Å². The quantitative estimate of drug-likeness (QED) is 0.936. The third-order valence-electron chi connectivity index (χ3n) is 2.96. The second-order valence-electron chi connectivity index (χ2n) is 4.24. The van der Waals surface area contributed by atoms with E-state index >= 15 is 0 Å². The van der Waals surface area contributed by atoms with E-state index in [4.69, 9.17) is 10.5 Å². The molecule has 2 nitrogen and oxygen atoms in total. The Kier molecular flexibility index (Phi) is 4.04. The second-order valence-corrected chi connectivity index (χ2v) is 5.10. The van der Waals surface area contributed by atoms with Crippen LogP contribution in [0.5, 0.6) is 5.75 Å². The standard InChI is InChI=1S/C15H16BrNO/c1-10-7-8-14(18-2)12(9-10)15(17)11-5-3-4-6-13(11)16/h3-9,15H,17H2,1-2H3. The van der Waals surface area contributed by atoms with Crippen LogP contribution in [0.15, 0.2) is 46.9 Å². The maximum Gasteiger partial charge on any atom is 0.123 e. The Hall–Kier alpha value is -1.32. The molecule has 0 amide bonds. The van der Waals surface area contributed by atoms with Gasteiger partial charge in [-0.3, -0.25) is 0 Å². The van der Waals surface area contributed by atoms with Crippen molar-refractivity contribution in [2.24, 2.45) is 5.73 Å². The zero-order valence-electron chi connectivity index (χ0n) is 10.5. The van der Waals surface area contributed by atoms with Crippen LogP contribution in [0.25, 0.3) is 0 Å². The van der Waals surface area contributed by atoms with Gasteiger partial charge in [0.05, 0.1) is 13.2 Å². The van der Waals surface area contributed by atoms with Crippen LogP contribution in [-0.2, 0) is 0 Å². The number of nitrogens with two attached hydrogens (primary N) is 1. The molecule has 0 aliphatic rings. The minimum Gasteiger partial charge on any atom is -0.496 e. The Morgan fingerprint density at radius 2 is 1.83 bits per heavy atom. The summed E-state index contributed by atoms with van der Waals surface area (Å²) in [4.78, 5) is 0. The first-order valence-corrected chi connectivity index (χ1v) is 6.57. The van der Waals surface area contributed by atoms with Gasteiger partial charge in [0.25, 0.3) is 0 Å². The zero-order valence-corrected chi connectivity index (χ0v) is 12.1. The first-order valence-electron chi connectivity index (χ1n) is 5.78. The molecule has 2 aromatic carbocycles. The van der Waals surface area contributed by atoms with Crippen molar-refractivity contribution in [3.05, 3.63) is 63.6 Å². The van der Waals surface area contributed by atoms with Gasteiger partial charge in [0.15, 0.2) is 0 Å². The van der Waals surface area contributed by atoms with E-state index in [-0.39, 0.29) is 6.04 Å². The highest BCUT2D eigenvalue weighted by atomic mass is 79.9. The molecule has 1 atom stereocenters. The number of hydrogen-bond donors (Lipinski definition) is 1. The molecule has 0 radical (unpaired) electrons. The monoisotopic (exact) mass is 305 g/mol. The largest absolute Gasteiger partial charge is 0.496 e. The van der Waals surface area contributed by atoms with Gasteiger partial charge < -0.3 is 10.5 Å². The first-order chi connectivity index (χ1) is 8.63. The molecular formula is C15H16BrNO. The summed E-state index contributed by atoms with van der Waals surface area (Å²) in [6, 6.07) is 13.8. The Morgan fingerprint density at radius 1 is 1.11 bits per heavy atom. The third kappa shape index (κ3) is 2.57. The fourth-order valence-corrected chi connectivity index (χ4v) is 2.52. The summed E-state index contributed by atoms with van der Waals surface area (Å²) in [6.45, 7) is 2.05. The highest BCUT2D eigenvalue weighted by molar-refractivity contribution is 9.10. The molecule has 0 saturated heterocycles. The Bertz CT molecular complexity index is 554. The van der Waals surface area contributed by atoms with Crippen molar-refractivity contribution in [2.45, 2.75) is 13.0 Å². The van der Waals surface area contributed by atoms with Crippen molar-refractivity contribution in [3.63, 3.8) is 0 Å². The zero-order chi connectivity index (χ0) is 13.1. The van der Waals surface area contributed by atoms with Gasteiger partial charge in [-0.05, 0) is 24.6 Å². The molecule has 0 aromatic heterocycles. The van der Waals surface area contributed by atoms with Gasteiger partial charge in [-0.25, -0.2) is 0 Å². The van der Waals surface area contributed by atoms with Crippen molar-refractivity contribution in [2.75, 3.05) is 7.11 Å². The number of aryl methyl sites for hydroxylation is 1. The minimum absolute atomic E-state index is 0.199. The summed E-state index contributed by atoms with van der Waals surface area (Å²) in [7, 11) is 1.67. The smallest absolute Gasteiger partial charge is 0.123 e. The van der Waals surface area contributed by atoms with Crippen LogP contribution in [0.4, 0.5) is 0 Å². The third-order valence-corrected chi connectivity index (χ3v) is 3.68. The summed E-state index contributed by atoms with van der Waals surface area (Å²) in [5.41, 5.74) is 9.59. The molecule has 2 aromatic rings. The number of benzene rings is 2. The molecule has 0 aliphatic carbocycles. The van der Waals surface area contributed by atoms with Crippen LogP contribution in [-0.4, -0.2) is 7.11 Å². The van der Waals surface area contributed by atoms with E-state index in [0.29, 0.717) is 0 Å². The van der Waals surface area contributed by atoms with Crippen LogP contribution in [0, 0.1) is 6.92 Å². The van der Waals surface area contributed by atoms with E-state index in [2.05, 4.69) is 28.9 Å². The van der Waals surface area contributed by atoms with Crippen molar-refractivity contribution < 1.29 is 4.74 Å². The molecule has 1 unspecified atom stereocenters. The van der Waals surface area contributed by atoms with Crippen LogP contribution in [0.2, 0.25) is 0 Å². The highest BCUT2D eigenvalue weighted by Gasteiger charge is 2.16. The lowest BCUT2D eigenvalue weighted by Gasteiger charge is -2.18. The van der Waals surface area contributed by atoms with Crippen LogP contribution in [0.3, 0.4) is 0 Å². The highest BCUT2D eigenvalue weighted by Crippen LogP contribution is 2.32. The molecule has 0 fully saturated rings. The molecule has 0 heterocycles. The summed E-state index contributed by atoms with van der Waals surface area (Å²) in [5.74, 6) is 0.823. The van der Waals surface area contributed by atoms with E-state index in [1.165, 1.54) is 5.56 Å². The van der Waals surface area contributed by atoms with E-state index in [1.807, 2.05) is 36.4 Å². The number of methoxy groups -OCH3 is 1. The van der Waals surface area contributed by atoms with Gasteiger partial charge >= 0.3 is 0 Å². The maximum absolute atomic E-state index is 6.35. The van der Waals surface area contributed by atoms with Crippen LogP contribution < -0.4 is 10.5 Å². The Balaban J connectivity index is 2.48. The van der Waals surface area contributed by atoms with Crippen LogP contribution >= 0.6 is 15.9 Å². The molecule has 94 valence electrons. The molecule has 18 heavy (non-hydrogen) atoms. The molecule has 3 heteroatoms. The van der Waals surface area contributed by atoms with E-state index < -0.39 is 0 Å². The van der Waals surface area contributed by atoms with Crippen molar-refractivity contribution in [3.8, 4) is 5.75 Å². The van der Waals surface area contributed by atoms with Gasteiger partial charge in [-0.2, -0.15) is 0 Å². The lowest BCUT2D eigenvalue weighted by atomic mass is 9.97. The SMILES string of the molecule is COc1ccc(C)cc1C(N)c1ccccc1Br. The van der Waals surface area contributed by atoms with E-state index in [0.717, 1.165) is 21.3 Å². The molecule has 0 aliphatic heterocycles. The summed E-state index contributed by atoms with van der Waals surface area (Å²) in [5, 5.41) is 0. The Labute approximate surface area is 116 Å². The number of halogens is 1. The van der Waals surface area contributed by atoms with Crippen molar-refractivity contribution >= 4 is 15.9 Å². The van der Waals surface area contributed by atoms with Crippen molar-refractivity contribution in [1.29, 1.82) is 0 Å². The summed E-state index contributed by atoms with van der Waals surface area (Å²) < 4.78 is 6.40. The molecule has 2 rings (SSSR count). The van der Waals surface area contributed by atoms with Crippen LogP contribution in [0.1, 0.15) is 22.7 Å². The fraction of sp³-hybridized carbons (Fsp3) is 0.200. The lowest BCUT2D eigenvalue weighted by molar-refractivity contribution is 0.407. The molecule has 0 spiro atoms. The van der Waals surface area contributed by atoms with Gasteiger partial charge in [-0.1, -0.05) is 51.8 Å². The topological polar surface area (TPSA) is 35.2 Å². The van der Waals surface area contributed by atoms with E-state index in [1.54, 1.807) is 7.11 Å². The lowest BCUT2D eigenvalue weighted by Crippen LogP contribution is -2.13. The normalized spacial score (nSPS) is 12.2. The Morgan fingerprint density at radius 3 is 2.50 bits per heavy atom. The fourth-order valence-electron chi connectivity index (χ4n) is 1.99. The minimum atomic E-state index is -0.199. The molecule has 2 N–H and O–H groups in total. The predicted octanol–water partition coefficient (Wildman–Crippen LogP) is 3.81. The first kappa shape index (κ1) is 13.1.